The first kappa shape index (κ1) is 16.1. The molecule has 0 bridgehead atoms. The maximum absolute atomic E-state index is 5.92. The molecular weight excluding hydrogens is 310 g/mol. The molecule has 0 amide bonds. The lowest BCUT2D eigenvalue weighted by Gasteiger charge is -2.16. The molecule has 2 N–H and O–H groups in total. The molecule has 0 saturated heterocycles. The summed E-state index contributed by atoms with van der Waals surface area (Å²) in [5, 5.41) is 5.76. The van der Waals surface area contributed by atoms with Crippen molar-refractivity contribution in [2.75, 3.05) is 0 Å². The molecule has 0 saturated carbocycles. The Kier molecular flexibility index (Phi) is 4.91. The minimum atomic E-state index is 0.205. The second-order valence-electron chi connectivity index (χ2n) is 6.51. The number of ether oxygens (including phenoxy) is 1. The third-order valence-electron chi connectivity index (χ3n) is 4.63. The molecule has 0 radical (unpaired) electrons. The van der Waals surface area contributed by atoms with Crippen LogP contribution < -0.4 is 16.0 Å². The van der Waals surface area contributed by atoms with Crippen molar-refractivity contribution < 1.29 is 4.74 Å². The predicted octanol–water partition coefficient (Wildman–Crippen LogP) is 1.93. The van der Waals surface area contributed by atoms with Gasteiger partial charge in [0, 0.05) is 12.6 Å². The number of H-pyrrole nitrogens is 1. The lowest BCUT2D eigenvalue weighted by atomic mass is 10.1. The average molecular weight is 333 g/mol. The van der Waals surface area contributed by atoms with Crippen LogP contribution in [0.4, 0.5) is 0 Å². The van der Waals surface area contributed by atoms with E-state index in [1.54, 1.807) is 6.33 Å². The van der Waals surface area contributed by atoms with Gasteiger partial charge in [0.15, 0.2) is 0 Å². The number of hydrogen-bond donors (Lipinski definition) is 2. The monoisotopic (exact) mass is 333 g/mol. The SMILES string of the molecule is C1=CCC(OCc2ccc(CNC3C=c4[nH]cnc4=CC3)cc2)C=C1. The molecule has 25 heavy (non-hydrogen) atoms. The highest BCUT2D eigenvalue weighted by Crippen LogP contribution is 2.12. The highest BCUT2D eigenvalue weighted by atomic mass is 16.5. The first-order valence-electron chi connectivity index (χ1n) is 8.84. The smallest absolute Gasteiger partial charge is 0.0931 e. The minimum Gasteiger partial charge on any atom is -0.369 e. The Morgan fingerprint density at radius 3 is 2.84 bits per heavy atom. The van der Waals surface area contributed by atoms with Crippen LogP contribution in [0.25, 0.3) is 12.2 Å². The number of hydrogen-bond acceptors (Lipinski definition) is 3. The normalized spacial score (nSPS) is 21.4. The van der Waals surface area contributed by atoms with Gasteiger partial charge >= 0.3 is 0 Å². The van der Waals surface area contributed by atoms with Crippen molar-refractivity contribution in [3.8, 4) is 0 Å². The van der Waals surface area contributed by atoms with Gasteiger partial charge in [-0.2, -0.15) is 0 Å². The van der Waals surface area contributed by atoms with Crippen molar-refractivity contribution in [1.82, 2.24) is 15.3 Å². The number of allylic oxidation sites excluding steroid dienone is 2. The van der Waals surface area contributed by atoms with E-state index in [1.165, 1.54) is 11.1 Å². The fourth-order valence-corrected chi connectivity index (χ4v) is 3.15. The summed E-state index contributed by atoms with van der Waals surface area (Å²) in [6.07, 6.45) is 16.7. The molecule has 2 aromatic rings. The van der Waals surface area contributed by atoms with E-state index in [-0.39, 0.29) is 6.10 Å². The Morgan fingerprint density at radius 2 is 2.00 bits per heavy atom. The van der Waals surface area contributed by atoms with E-state index in [1.807, 2.05) is 0 Å². The number of imidazole rings is 1. The third-order valence-corrected chi connectivity index (χ3v) is 4.63. The highest BCUT2D eigenvalue weighted by Gasteiger charge is 2.08. The number of nitrogens with zero attached hydrogens (tertiary/aromatic N) is 1. The van der Waals surface area contributed by atoms with Crippen LogP contribution in [-0.2, 0) is 17.9 Å². The van der Waals surface area contributed by atoms with Crippen LogP contribution in [0.2, 0.25) is 0 Å². The Morgan fingerprint density at radius 1 is 1.12 bits per heavy atom. The summed E-state index contributed by atoms with van der Waals surface area (Å²) in [4.78, 5) is 7.45. The van der Waals surface area contributed by atoms with Crippen LogP contribution in [0.1, 0.15) is 24.0 Å². The molecule has 0 fully saturated rings. The zero-order valence-corrected chi connectivity index (χ0v) is 14.2. The van der Waals surface area contributed by atoms with Gasteiger partial charge in [0.2, 0.25) is 0 Å². The van der Waals surface area contributed by atoms with Gasteiger partial charge in [-0.3, -0.25) is 0 Å². The van der Waals surface area contributed by atoms with Crippen LogP contribution in [0.3, 0.4) is 0 Å². The lowest BCUT2D eigenvalue weighted by molar-refractivity contribution is 0.0733. The lowest BCUT2D eigenvalue weighted by Crippen LogP contribution is -2.36. The summed E-state index contributed by atoms with van der Waals surface area (Å²) in [6, 6.07) is 9.01. The van der Waals surface area contributed by atoms with E-state index in [9.17, 15) is 0 Å². The summed E-state index contributed by atoms with van der Waals surface area (Å²) in [5.74, 6) is 0. The minimum absolute atomic E-state index is 0.205. The number of aromatic amines is 1. The molecular formula is C21H23N3O. The van der Waals surface area contributed by atoms with E-state index in [4.69, 9.17) is 4.74 Å². The molecule has 2 aliphatic rings. The van der Waals surface area contributed by atoms with Crippen molar-refractivity contribution in [3.05, 3.63) is 76.7 Å². The first-order valence-corrected chi connectivity index (χ1v) is 8.84. The van der Waals surface area contributed by atoms with Gasteiger partial charge in [-0.15, -0.1) is 0 Å². The van der Waals surface area contributed by atoms with E-state index >= 15 is 0 Å². The molecule has 4 nitrogen and oxygen atoms in total. The van der Waals surface area contributed by atoms with E-state index in [0.29, 0.717) is 12.6 Å². The summed E-state index contributed by atoms with van der Waals surface area (Å²) in [6.45, 7) is 1.51. The van der Waals surface area contributed by atoms with Crippen molar-refractivity contribution in [1.29, 1.82) is 0 Å². The van der Waals surface area contributed by atoms with Gasteiger partial charge in [-0.25, -0.2) is 4.98 Å². The zero-order chi connectivity index (χ0) is 16.9. The summed E-state index contributed by atoms with van der Waals surface area (Å²) in [5.41, 5.74) is 2.50. The Labute approximate surface area is 147 Å². The van der Waals surface area contributed by atoms with E-state index < -0.39 is 0 Å². The van der Waals surface area contributed by atoms with Crippen LogP contribution in [0.15, 0.2) is 54.9 Å². The number of aromatic nitrogens is 2. The van der Waals surface area contributed by atoms with Gasteiger partial charge in [-0.1, -0.05) is 54.6 Å². The molecule has 4 heteroatoms. The molecule has 2 aliphatic carbocycles. The van der Waals surface area contributed by atoms with Crippen LogP contribution in [0, 0.1) is 0 Å². The second-order valence-corrected chi connectivity index (χ2v) is 6.51. The van der Waals surface area contributed by atoms with Gasteiger partial charge < -0.3 is 15.0 Å². The third kappa shape index (κ3) is 4.16. The largest absolute Gasteiger partial charge is 0.369 e. The van der Waals surface area contributed by atoms with Crippen LogP contribution in [0.5, 0.6) is 0 Å². The number of nitrogens with one attached hydrogen (secondary N) is 2. The molecule has 1 aromatic heterocycles. The number of fused-ring (bicyclic) bond motifs is 1. The molecule has 2 unspecified atom stereocenters. The van der Waals surface area contributed by atoms with Crippen LogP contribution >= 0.6 is 0 Å². The molecule has 2 atom stereocenters. The van der Waals surface area contributed by atoms with Crippen molar-refractivity contribution in [2.45, 2.75) is 38.1 Å². The van der Waals surface area contributed by atoms with Gasteiger partial charge in [-0.05, 0) is 30.0 Å². The Bertz CT molecular complexity index is 877. The summed E-state index contributed by atoms with van der Waals surface area (Å²) >= 11 is 0. The number of rotatable bonds is 6. The molecule has 0 aliphatic heterocycles. The van der Waals surface area contributed by atoms with Gasteiger partial charge in [0.05, 0.1) is 29.7 Å². The maximum atomic E-state index is 5.92. The highest BCUT2D eigenvalue weighted by molar-refractivity contribution is 5.39. The van der Waals surface area contributed by atoms with Crippen molar-refractivity contribution in [2.24, 2.45) is 0 Å². The standard InChI is InChI=1S/C21H23N3O/c1-2-4-19(5-3-1)25-14-17-8-6-16(7-9-17)13-22-18-10-11-20-21(12-18)24-15-23-20/h1-4,6-9,11-12,15,18-19,22H,5,10,13-14H2,(H,23,24). The molecule has 1 aromatic carbocycles. The molecule has 0 spiro atoms. The van der Waals surface area contributed by atoms with Gasteiger partial charge in [0.25, 0.3) is 0 Å². The van der Waals surface area contributed by atoms with E-state index in [0.717, 1.165) is 30.1 Å². The predicted molar refractivity (Wildman–Crippen MR) is 99.9 cm³/mol. The summed E-state index contributed by atoms with van der Waals surface area (Å²) in [7, 11) is 0. The molecule has 128 valence electrons. The molecule has 1 heterocycles. The van der Waals surface area contributed by atoms with E-state index in [2.05, 4.69) is 76.0 Å². The van der Waals surface area contributed by atoms with Gasteiger partial charge in [0.1, 0.15) is 0 Å². The Hall–Kier alpha value is -2.43. The zero-order valence-electron chi connectivity index (χ0n) is 14.2. The first-order chi connectivity index (χ1) is 12.4. The Balaban J connectivity index is 1.27. The second kappa shape index (κ2) is 7.64. The molecule has 4 rings (SSSR count). The maximum Gasteiger partial charge on any atom is 0.0931 e. The summed E-state index contributed by atoms with van der Waals surface area (Å²) < 4.78 is 5.92. The quantitative estimate of drug-likeness (QED) is 0.849. The van der Waals surface area contributed by atoms with Crippen molar-refractivity contribution >= 4 is 12.2 Å². The average Bonchev–Trinajstić information content (AvgIpc) is 3.14. The number of benzene rings is 1. The van der Waals surface area contributed by atoms with Crippen molar-refractivity contribution in [3.63, 3.8) is 0 Å². The fourth-order valence-electron chi connectivity index (χ4n) is 3.15. The fraction of sp³-hybridized carbons (Fsp3) is 0.286. The van der Waals surface area contributed by atoms with Crippen LogP contribution in [-0.4, -0.2) is 22.1 Å². The topological polar surface area (TPSA) is 49.9 Å².